The number of hydrogen-bond donors (Lipinski definition) is 1. The van der Waals surface area contributed by atoms with Crippen LogP contribution < -0.4 is 5.73 Å². The second-order valence-corrected chi connectivity index (χ2v) is 7.62. The number of anilines is 1. The topological polar surface area (TPSA) is 63.4 Å². The summed E-state index contributed by atoms with van der Waals surface area (Å²) >= 11 is 0. The van der Waals surface area contributed by atoms with E-state index in [0.29, 0.717) is 17.5 Å². The molecule has 0 spiro atoms. The SMILES string of the molecule is Nc1ccc2c(c1)CN(C1CCS(=O)(=O)CC1)C2. The minimum absolute atomic E-state index is 0.340. The minimum atomic E-state index is -2.77. The Bertz CT molecular complexity index is 554. The van der Waals surface area contributed by atoms with Gasteiger partial charge < -0.3 is 5.73 Å². The average molecular weight is 266 g/mol. The molecule has 5 heteroatoms. The summed E-state index contributed by atoms with van der Waals surface area (Å²) in [6.07, 6.45) is 1.54. The molecule has 2 heterocycles. The molecule has 0 unspecified atom stereocenters. The van der Waals surface area contributed by atoms with E-state index in [1.165, 1.54) is 11.1 Å². The van der Waals surface area contributed by atoms with Crippen molar-refractivity contribution in [2.24, 2.45) is 0 Å². The Morgan fingerprint density at radius 3 is 2.50 bits per heavy atom. The predicted octanol–water partition coefficient (Wildman–Crippen LogP) is 1.16. The van der Waals surface area contributed by atoms with Crippen molar-refractivity contribution in [3.05, 3.63) is 29.3 Å². The molecular formula is C13H18N2O2S. The molecule has 1 aromatic rings. The Morgan fingerprint density at radius 2 is 1.78 bits per heavy atom. The van der Waals surface area contributed by atoms with E-state index < -0.39 is 9.84 Å². The van der Waals surface area contributed by atoms with Crippen LogP contribution in [-0.2, 0) is 22.9 Å². The van der Waals surface area contributed by atoms with Gasteiger partial charge in [-0.05, 0) is 36.1 Å². The fourth-order valence-electron chi connectivity index (χ4n) is 2.94. The Kier molecular flexibility index (Phi) is 2.83. The first kappa shape index (κ1) is 12.0. The molecule has 98 valence electrons. The Morgan fingerprint density at radius 1 is 1.11 bits per heavy atom. The summed E-state index contributed by atoms with van der Waals surface area (Å²) in [5.41, 5.74) is 9.23. The smallest absolute Gasteiger partial charge is 0.150 e. The number of rotatable bonds is 1. The summed E-state index contributed by atoms with van der Waals surface area (Å²) in [5.74, 6) is 0.680. The number of fused-ring (bicyclic) bond motifs is 1. The van der Waals surface area contributed by atoms with E-state index in [2.05, 4.69) is 11.0 Å². The number of nitrogens with two attached hydrogens (primary N) is 1. The first-order valence-electron chi connectivity index (χ1n) is 6.35. The molecule has 0 saturated carbocycles. The molecule has 1 fully saturated rings. The normalized spacial score (nSPS) is 24.0. The molecule has 2 N–H and O–H groups in total. The van der Waals surface area contributed by atoms with Gasteiger partial charge in [0.1, 0.15) is 9.84 Å². The second kappa shape index (κ2) is 4.24. The van der Waals surface area contributed by atoms with Gasteiger partial charge in [-0.3, -0.25) is 4.90 Å². The van der Waals surface area contributed by atoms with E-state index in [1.807, 2.05) is 12.1 Å². The van der Waals surface area contributed by atoms with Crippen molar-refractivity contribution in [2.45, 2.75) is 32.0 Å². The van der Waals surface area contributed by atoms with Crippen LogP contribution in [0.4, 0.5) is 5.69 Å². The lowest BCUT2D eigenvalue weighted by molar-refractivity contribution is 0.185. The van der Waals surface area contributed by atoms with Crippen LogP contribution in [0.3, 0.4) is 0 Å². The summed E-state index contributed by atoms with van der Waals surface area (Å²) in [6.45, 7) is 1.84. The maximum atomic E-state index is 11.4. The number of nitrogens with zero attached hydrogens (tertiary/aromatic N) is 1. The van der Waals surface area contributed by atoms with Gasteiger partial charge in [0.25, 0.3) is 0 Å². The van der Waals surface area contributed by atoms with Gasteiger partial charge in [0.15, 0.2) is 0 Å². The molecule has 4 nitrogen and oxygen atoms in total. The van der Waals surface area contributed by atoms with Gasteiger partial charge in [-0.15, -0.1) is 0 Å². The molecule has 0 amide bonds. The number of benzene rings is 1. The van der Waals surface area contributed by atoms with Crippen molar-refractivity contribution in [1.82, 2.24) is 4.90 Å². The van der Waals surface area contributed by atoms with Crippen molar-refractivity contribution < 1.29 is 8.42 Å². The maximum absolute atomic E-state index is 11.4. The van der Waals surface area contributed by atoms with E-state index in [1.54, 1.807) is 0 Å². The minimum Gasteiger partial charge on any atom is -0.399 e. The second-order valence-electron chi connectivity index (χ2n) is 5.32. The first-order chi connectivity index (χ1) is 8.53. The van der Waals surface area contributed by atoms with Crippen LogP contribution in [0.15, 0.2) is 18.2 Å². The zero-order chi connectivity index (χ0) is 12.8. The third-order valence-corrected chi connectivity index (χ3v) is 5.73. The maximum Gasteiger partial charge on any atom is 0.150 e. The molecule has 0 atom stereocenters. The van der Waals surface area contributed by atoms with E-state index in [0.717, 1.165) is 31.6 Å². The third kappa shape index (κ3) is 2.24. The van der Waals surface area contributed by atoms with Crippen LogP contribution in [0.1, 0.15) is 24.0 Å². The van der Waals surface area contributed by atoms with E-state index in [-0.39, 0.29) is 0 Å². The van der Waals surface area contributed by atoms with Crippen LogP contribution >= 0.6 is 0 Å². The first-order valence-corrected chi connectivity index (χ1v) is 8.17. The van der Waals surface area contributed by atoms with Gasteiger partial charge in [-0.1, -0.05) is 6.07 Å². The molecule has 0 bridgehead atoms. The Balaban J connectivity index is 1.71. The fourth-order valence-corrected chi connectivity index (χ4v) is 4.41. The molecule has 2 aliphatic heterocycles. The highest BCUT2D eigenvalue weighted by Crippen LogP contribution is 2.29. The summed E-state index contributed by atoms with van der Waals surface area (Å²) in [4.78, 5) is 2.39. The Labute approximate surface area is 108 Å². The average Bonchev–Trinajstić information content (AvgIpc) is 2.71. The van der Waals surface area contributed by atoms with Crippen molar-refractivity contribution in [3.8, 4) is 0 Å². The van der Waals surface area contributed by atoms with Gasteiger partial charge in [-0.25, -0.2) is 8.42 Å². The van der Waals surface area contributed by atoms with E-state index in [4.69, 9.17) is 5.73 Å². The van der Waals surface area contributed by atoms with E-state index >= 15 is 0 Å². The third-order valence-electron chi connectivity index (χ3n) is 4.02. The number of nitrogen functional groups attached to an aromatic ring is 1. The van der Waals surface area contributed by atoms with Crippen molar-refractivity contribution in [1.29, 1.82) is 0 Å². The largest absolute Gasteiger partial charge is 0.399 e. The number of sulfone groups is 1. The van der Waals surface area contributed by atoms with Crippen molar-refractivity contribution in [2.75, 3.05) is 17.2 Å². The van der Waals surface area contributed by atoms with Crippen LogP contribution in [0, 0.1) is 0 Å². The Hall–Kier alpha value is -1.07. The van der Waals surface area contributed by atoms with Gasteiger partial charge in [0.05, 0.1) is 11.5 Å². The van der Waals surface area contributed by atoms with Gasteiger partial charge in [-0.2, -0.15) is 0 Å². The highest BCUT2D eigenvalue weighted by atomic mass is 32.2. The van der Waals surface area contributed by atoms with Gasteiger partial charge >= 0.3 is 0 Å². The van der Waals surface area contributed by atoms with Gasteiger partial charge in [0.2, 0.25) is 0 Å². The summed E-state index contributed by atoms with van der Waals surface area (Å²) in [6, 6.07) is 6.47. The molecule has 18 heavy (non-hydrogen) atoms. The van der Waals surface area contributed by atoms with Crippen LogP contribution in [0.2, 0.25) is 0 Å². The lowest BCUT2D eigenvalue weighted by Gasteiger charge is -2.30. The van der Waals surface area contributed by atoms with Crippen LogP contribution in [-0.4, -0.2) is 30.9 Å². The molecule has 0 aromatic heterocycles. The van der Waals surface area contributed by atoms with Crippen molar-refractivity contribution in [3.63, 3.8) is 0 Å². The van der Waals surface area contributed by atoms with Crippen LogP contribution in [0.25, 0.3) is 0 Å². The zero-order valence-corrected chi connectivity index (χ0v) is 11.1. The van der Waals surface area contributed by atoms with Crippen LogP contribution in [0.5, 0.6) is 0 Å². The van der Waals surface area contributed by atoms with Gasteiger partial charge in [0, 0.05) is 24.8 Å². The quantitative estimate of drug-likeness (QED) is 0.775. The summed E-state index contributed by atoms with van der Waals surface area (Å²) in [5, 5.41) is 0. The highest BCUT2D eigenvalue weighted by molar-refractivity contribution is 7.91. The monoisotopic (exact) mass is 266 g/mol. The highest BCUT2D eigenvalue weighted by Gasteiger charge is 2.31. The summed E-state index contributed by atoms with van der Waals surface area (Å²) in [7, 11) is -2.77. The lowest BCUT2D eigenvalue weighted by Crippen LogP contribution is -2.38. The molecule has 1 aromatic carbocycles. The van der Waals surface area contributed by atoms with E-state index in [9.17, 15) is 8.42 Å². The standard InChI is InChI=1S/C13H18N2O2S/c14-12-2-1-10-8-15(9-11(10)7-12)13-3-5-18(16,17)6-4-13/h1-2,7,13H,3-6,8-9,14H2. The fraction of sp³-hybridized carbons (Fsp3) is 0.538. The molecule has 0 radical (unpaired) electrons. The molecular weight excluding hydrogens is 248 g/mol. The summed E-state index contributed by atoms with van der Waals surface area (Å²) < 4.78 is 22.9. The molecule has 0 aliphatic carbocycles. The lowest BCUT2D eigenvalue weighted by atomic mass is 10.1. The van der Waals surface area contributed by atoms with Crippen molar-refractivity contribution >= 4 is 15.5 Å². The predicted molar refractivity (Wildman–Crippen MR) is 71.8 cm³/mol. The molecule has 1 saturated heterocycles. The molecule has 2 aliphatic rings. The zero-order valence-electron chi connectivity index (χ0n) is 10.3. The number of hydrogen-bond acceptors (Lipinski definition) is 4. The molecule has 3 rings (SSSR count).